The lowest BCUT2D eigenvalue weighted by Gasteiger charge is -2.05. The Labute approximate surface area is 119 Å². The molecule has 7 heteroatoms. The van der Waals surface area contributed by atoms with Crippen LogP contribution in [-0.4, -0.2) is 26.1 Å². The number of benzene rings is 1. The number of aromatic nitrogens is 4. The van der Waals surface area contributed by atoms with Gasteiger partial charge in [0.15, 0.2) is 0 Å². The van der Waals surface area contributed by atoms with Crippen molar-refractivity contribution in [2.75, 3.05) is 5.32 Å². The summed E-state index contributed by atoms with van der Waals surface area (Å²) in [7, 11) is 0. The van der Waals surface area contributed by atoms with Crippen LogP contribution in [0.5, 0.6) is 0 Å². The molecule has 0 aliphatic carbocycles. The Balaban J connectivity index is 1.82. The Morgan fingerprint density at radius 1 is 1.19 bits per heavy atom. The third-order valence-electron chi connectivity index (χ3n) is 2.80. The minimum absolute atomic E-state index is 0.137. The number of carbonyl (C=O) groups is 1. The van der Waals surface area contributed by atoms with Crippen molar-refractivity contribution in [3.63, 3.8) is 0 Å². The Morgan fingerprint density at radius 3 is 2.81 bits per heavy atom. The zero-order valence-electron chi connectivity index (χ0n) is 10.8. The molecule has 0 saturated heterocycles. The van der Waals surface area contributed by atoms with Crippen molar-refractivity contribution in [3.8, 4) is 11.4 Å². The van der Waals surface area contributed by atoms with E-state index in [1.165, 1.54) is 12.1 Å². The molecule has 7 nitrogen and oxygen atoms in total. The second-order valence-corrected chi connectivity index (χ2v) is 4.28. The second-order valence-electron chi connectivity index (χ2n) is 4.28. The van der Waals surface area contributed by atoms with Crippen molar-refractivity contribution in [3.05, 3.63) is 64.8 Å². The summed E-state index contributed by atoms with van der Waals surface area (Å²) in [5.74, 6) is 0.316. The van der Waals surface area contributed by atoms with E-state index in [1.54, 1.807) is 24.5 Å². The van der Waals surface area contributed by atoms with Gasteiger partial charge in [0.05, 0.1) is 0 Å². The Hall–Kier alpha value is -3.22. The first-order valence-corrected chi connectivity index (χ1v) is 6.19. The zero-order chi connectivity index (χ0) is 14.7. The first-order chi connectivity index (χ1) is 10.2. The highest BCUT2D eigenvalue weighted by Crippen LogP contribution is 2.19. The van der Waals surface area contributed by atoms with E-state index in [0.717, 1.165) is 5.56 Å². The number of amides is 1. The maximum absolute atomic E-state index is 12.0. The van der Waals surface area contributed by atoms with Crippen LogP contribution < -0.4 is 10.9 Å². The number of hydrogen-bond acceptors (Lipinski definition) is 4. The maximum atomic E-state index is 12.0. The fraction of sp³-hybridized carbons (Fsp3) is 0. The Kier molecular flexibility index (Phi) is 3.30. The van der Waals surface area contributed by atoms with E-state index < -0.39 is 5.91 Å². The van der Waals surface area contributed by atoms with Crippen molar-refractivity contribution >= 4 is 11.6 Å². The van der Waals surface area contributed by atoms with Crippen molar-refractivity contribution in [2.45, 2.75) is 0 Å². The molecule has 3 aromatic rings. The smallest absolute Gasteiger partial charge is 0.276 e. The summed E-state index contributed by atoms with van der Waals surface area (Å²) in [6, 6.07) is 9.87. The van der Waals surface area contributed by atoms with Crippen molar-refractivity contribution < 1.29 is 4.79 Å². The number of H-pyrrole nitrogens is 2. The van der Waals surface area contributed by atoms with E-state index in [-0.39, 0.29) is 11.3 Å². The highest BCUT2D eigenvalue weighted by molar-refractivity contribution is 6.02. The summed E-state index contributed by atoms with van der Waals surface area (Å²) in [5.41, 5.74) is 1.25. The van der Waals surface area contributed by atoms with Gasteiger partial charge in [-0.1, -0.05) is 12.1 Å². The fourth-order valence-electron chi connectivity index (χ4n) is 1.83. The van der Waals surface area contributed by atoms with Gasteiger partial charge in [-0.15, -0.1) is 0 Å². The van der Waals surface area contributed by atoms with Crippen LogP contribution in [0, 0.1) is 0 Å². The van der Waals surface area contributed by atoms with E-state index in [1.807, 2.05) is 12.1 Å². The van der Waals surface area contributed by atoms with Gasteiger partial charge in [0.25, 0.3) is 11.5 Å². The molecule has 0 aliphatic heterocycles. The van der Waals surface area contributed by atoms with Crippen LogP contribution in [0.15, 0.2) is 53.6 Å². The summed E-state index contributed by atoms with van der Waals surface area (Å²) in [5, 5.41) is 8.61. The summed E-state index contributed by atoms with van der Waals surface area (Å²) in [6.45, 7) is 0. The lowest BCUT2D eigenvalue weighted by Crippen LogP contribution is -2.17. The molecule has 0 aliphatic rings. The van der Waals surface area contributed by atoms with Crippen LogP contribution in [0.2, 0.25) is 0 Å². The summed E-state index contributed by atoms with van der Waals surface area (Å²) >= 11 is 0. The van der Waals surface area contributed by atoms with Crippen LogP contribution in [-0.2, 0) is 0 Å². The van der Waals surface area contributed by atoms with Gasteiger partial charge in [-0.25, -0.2) is 10.1 Å². The van der Waals surface area contributed by atoms with E-state index in [0.29, 0.717) is 11.5 Å². The third kappa shape index (κ3) is 2.86. The molecular formula is C14H11N5O2. The first-order valence-electron chi connectivity index (χ1n) is 6.19. The molecule has 0 unspecified atom stereocenters. The predicted octanol–water partition coefficient (Wildman–Crippen LogP) is 1.41. The number of hydrogen-bond donors (Lipinski definition) is 3. The van der Waals surface area contributed by atoms with Gasteiger partial charge in [0.2, 0.25) is 0 Å². The molecule has 104 valence electrons. The average molecular weight is 281 g/mol. The molecule has 2 aromatic heterocycles. The number of nitrogens with one attached hydrogen (secondary N) is 3. The largest absolute Gasteiger partial charge is 0.345 e. The zero-order valence-corrected chi connectivity index (χ0v) is 10.8. The third-order valence-corrected chi connectivity index (χ3v) is 2.80. The van der Waals surface area contributed by atoms with Crippen LogP contribution in [0.25, 0.3) is 11.4 Å². The molecule has 0 bridgehead atoms. The molecule has 0 radical (unpaired) electrons. The highest BCUT2D eigenvalue weighted by Gasteiger charge is 2.08. The Bertz CT molecular complexity index is 803. The molecule has 1 aromatic carbocycles. The standard InChI is InChI=1S/C14H11N5O2/c20-12-5-4-11(18-19-12)14(21)17-10-3-1-2-9(8-10)13-15-6-7-16-13/h1-8H,(H,15,16)(H,17,21)(H,19,20). The van der Waals surface area contributed by atoms with E-state index in [2.05, 4.69) is 25.5 Å². The number of anilines is 1. The van der Waals surface area contributed by atoms with E-state index in [4.69, 9.17) is 0 Å². The molecule has 0 spiro atoms. The molecule has 0 saturated carbocycles. The van der Waals surface area contributed by atoms with Gasteiger partial charge >= 0.3 is 0 Å². The molecule has 0 atom stereocenters. The number of carbonyl (C=O) groups excluding carboxylic acids is 1. The maximum Gasteiger partial charge on any atom is 0.276 e. The monoisotopic (exact) mass is 281 g/mol. The van der Waals surface area contributed by atoms with Gasteiger partial charge in [0, 0.05) is 29.7 Å². The molecule has 3 rings (SSSR count). The highest BCUT2D eigenvalue weighted by atomic mass is 16.2. The average Bonchev–Trinajstić information content (AvgIpc) is 3.02. The molecular weight excluding hydrogens is 270 g/mol. The fourth-order valence-corrected chi connectivity index (χ4v) is 1.83. The quantitative estimate of drug-likeness (QED) is 0.675. The van der Waals surface area contributed by atoms with Crippen LogP contribution in [0.4, 0.5) is 5.69 Å². The van der Waals surface area contributed by atoms with Gasteiger partial charge in [-0.2, -0.15) is 5.10 Å². The first kappa shape index (κ1) is 12.8. The number of nitrogens with zero attached hydrogens (tertiary/aromatic N) is 2. The van der Waals surface area contributed by atoms with Crippen LogP contribution >= 0.6 is 0 Å². The van der Waals surface area contributed by atoms with E-state index in [9.17, 15) is 9.59 Å². The number of imidazole rings is 1. The summed E-state index contributed by atoms with van der Waals surface area (Å²) in [6.07, 6.45) is 3.38. The Morgan fingerprint density at radius 2 is 2.10 bits per heavy atom. The lowest BCUT2D eigenvalue weighted by molar-refractivity contribution is 0.102. The minimum Gasteiger partial charge on any atom is -0.345 e. The van der Waals surface area contributed by atoms with Crippen molar-refractivity contribution in [2.24, 2.45) is 0 Å². The topological polar surface area (TPSA) is 104 Å². The second kappa shape index (κ2) is 5.41. The molecule has 1 amide bonds. The SMILES string of the molecule is O=C(Nc1cccc(-c2ncc[nH]2)c1)c1ccc(=O)[nH]n1. The predicted molar refractivity (Wildman–Crippen MR) is 76.8 cm³/mol. The van der Waals surface area contributed by atoms with E-state index >= 15 is 0 Å². The number of rotatable bonds is 3. The summed E-state index contributed by atoms with van der Waals surface area (Å²) in [4.78, 5) is 30.1. The molecule has 2 heterocycles. The summed E-state index contributed by atoms with van der Waals surface area (Å²) < 4.78 is 0. The van der Waals surface area contributed by atoms with Gasteiger partial charge < -0.3 is 10.3 Å². The van der Waals surface area contributed by atoms with Crippen LogP contribution in [0.3, 0.4) is 0 Å². The normalized spacial score (nSPS) is 10.3. The lowest BCUT2D eigenvalue weighted by atomic mass is 10.2. The molecule has 3 N–H and O–H groups in total. The van der Waals surface area contributed by atoms with Gasteiger partial charge in [0.1, 0.15) is 11.5 Å². The van der Waals surface area contributed by atoms with Gasteiger partial charge in [-0.05, 0) is 18.2 Å². The van der Waals surface area contributed by atoms with Crippen LogP contribution in [0.1, 0.15) is 10.5 Å². The van der Waals surface area contributed by atoms with Crippen molar-refractivity contribution in [1.82, 2.24) is 20.2 Å². The number of aromatic amines is 2. The van der Waals surface area contributed by atoms with Gasteiger partial charge in [-0.3, -0.25) is 9.59 Å². The van der Waals surface area contributed by atoms with Crippen molar-refractivity contribution in [1.29, 1.82) is 0 Å². The molecule has 21 heavy (non-hydrogen) atoms. The molecule has 0 fully saturated rings. The minimum atomic E-state index is -0.400.